The fourth-order valence-corrected chi connectivity index (χ4v) is 5.15. The standard InChI is InChI=1S/C28H29BrN4O4S/c1-28(2,3)23-10-9-22(38-23)25(34)32-12-19(26(35)33-15-20(16-33)27(36)37-4)11-17-5-7-18(8-6-17)24-30-13-21(29)14-31-24/h5-10,12-14,19-20H,11,15-16H2,1-4H3/t19-/m1/s1. The first-order chi connectivity index (χ1) is 18.0. The second kappa shape index (κ2) is 11.7. The predicted octanol–water partition coefficient (Wildman–Crippen LogP) is 4.97. The Morgan fingerprint density at radius 3 is 2.37 bits per heavy atom. The van der Waals surface area contributed by atoms with Crippen LogP contribution in [0.5, 0.6) is 0 Å². The molecule has 2 aromatic heterocycles. The molecule has 1 aliphatic heterocycles. The van der Waals surface area contributed by atoms with E-state index < -0.39 is 5.92 Å². The van der Waals surface area contributed by atoms with Crippen LogP contribution in [0.4, 0.5) is 0 Å². The highest BCUT2D eigenvalue weighted by Gasteiger charge is 2.38. The topological polar surface area (TPSA) is 102 Å². The molecule has 0 saturated carbocycles. The number of aromatic nitrogens is 2. The Morgan fingerprint density at radius 2 is 1.79 bits per heavy atom. The van der Waals surface area contributed by atoms with Crippen molar-refractivity contribution in [2.45, 2.75) is 32.6 Å². The molecule has 1 aliphatic rings. The molecule has 1 aromatic carbocycles. The number of aliphatic imine (C=N–C) groups is 1. The summed E-state index contributed by atoms with van der Waals surface area (Å²) in [5, 5.41) is 0. The largest absolute Gasteiger partial charge is 0.469 e. The van der Waals surface area contributed by atoms with Crippen LogP contribution in [0.15, 0.2) is 58.3 Å². The molecule has 4 rings (SSSR count). The van der Waals surface area contributed by atoms with E-state index in [9.17, 15) is 14.4 Å². The summed E-state index contributed by atoms with van der Waals surface area (Å²) < 4.78 is 5.58. The lowest BCUT2D eigenvalue weighted by Gasteiger charge is -2.38. The van der Waals surface area contributed by atoms with E-state index >= 15 is 0 Å². The average molecular weight is 598 g/mol. The maximum Gasteiger partial charge on any atom is 0.312 e. The maximum atomic E-state index is 13.3. The van der Waals surface area contributed by atoms with Crippen molar-refractivity contribution < 1.29 is 19.1 Å². The van der Waals surface area contributed by atoms with Crippen LogP contribution in [0.1, 0.15) is 40.9 Å². The average Bonchev–Trinajstić information content (AvgIpc) is 3.37. The van der Waals surface area contributed by atoms with Crippen molar-refractivity contribution in [1.82, 2.24) is 14.9 Å². The van der Waals surface area contributed by atoms with Crippen LogP contribution in [-0.2, 0) is 26.2 Å². The summed E-state index contributed by atoms with van der Waals surface area (Å²) in [4.78, 5) is 54.0. The van der Waals surface area contributed by atoms with E-state index in [1.165, 1.54) is 24.7 Å². The third-order valence-corrected chi connectivity index (χ3v) is 8.17. The molecule has 3 heterocycles. The summed E-state index contributed by atoms with van der Waals surface area (Å²) in [6, 6.07) is 11.4. The molecule has 1 fully saturated rings. The second-order valence-corrected chi connectivity index (χ2v) is 12.2. The zero-order valence-electron chi connectivity index (χ0n) is 21.7. The molecule has 1 atom stereocenters. The molecule has 38 heavy (non-hydrogen) atoms. The molecule has 3 aromatic rings. The molecular formula is C28H29BrN4O4S. The summed E-state index contributed by atoms with van der Waals surface area (Å²) in [6.45, 7) is 6.86. The highest BCUT2D eigenvalue weighted by molar-refractivity contribution is 9.10. The molecule has 0 N–H and O–H groups in total. The van der Waals surface area contributed by atoms with Crippen LogP contribution in [-0.4, -0.2) is 59.1 Å². The maximum absolute atomic E-state index is 13.3. The third-order valence-electron chi connectivity index (χ3n) is 6.26. The van der Waals surface area contributed by atoms with Gasteiger partial charge in [-0.1, -0.05) is 45.0 Å². The number of thiophene rings is 1. The lowest BCUT2D eigenvalue weighted by atomic mass is 9.93. The molecule has 0 aliphatic carbocycles. The van der Waals surface area contributed by atoms with Crippen molar-refractivity contribution in [3.8, 4) is 11.4 Å². The van der Waals surface area contributed by atoms with Gasteiger partial charge in [0.1, 0.15) is 0 Å². The smallest absolute Gasteiger partial charge is 0.312 e. The van der Waals surface area contributed by atoms with E-state index in [0.717, 1.165) is 20.5 Å². The Hall–Kier alpha value is -3.24. The first-order valence-electron chi connectivity index (χ1n) is 12.2. The van der Waals surface area contributed by atoms with Crippen LogP contribution in [0.2, 0.25) is 0 Å². The number of ether oxygens (including phenoxy) is 1. The fraction of sp³-hybridized carbons (Fsp3) is 0.357. The van der Waals surface area contributed by atoms with Gasteiger partial charge in [-0.25, -0.2) is 15.0 Å². The number of likely N-dealkylation sites (tertiary alicyclic amines) is 1. The van der Waals surface area contributed by atoms with Gasteiger partial charge in [-0.3, -0.25) is 14.4 Å². The number of esters is 1. The SMILES string of the molecule is COC(=O)C1CN(C(=O)[C@@H](C=NC(=O)c2ccc(C(C)(C)C)s2)Cc2ccc(-c3ncc(Br)cn3)cc2)C1. The Morgan fingerprint density at radius 1 is 1.13 bits per heavy atom. The normalized spacial score (nSPS) is 14.8. The number of carbonyl (C=O) groups is 3. The molecule has 8 nitrogen and oxygen atoms in total. The molecule has 198 valence electrons. The molecule has 0 spiro atoms. The number of benzene rings is 1. The Bertz CT molecular complexity index is 1340. The van der Waals surface area contributed by atoms with E-state index in [1.54, 1.807) is 23.4 Å². The number of hydrogen-bond acceptors (Lipinski definition) is 7. The van der Waals surface area contributed by atoms with E-state index in [1.807, 2.05) is 30.3 Å². The van der Waals surface area contributed by atoms with Gasteiger partial charge in [0.2, 0.25) is 5.91 Å². The van der Waals surface area contributed by atoms with Crippen molar-refractivity contribution in [3.63, 3.8) is 0 Å². The molecule has 0 radical (unpaired) electrons. The van der Waals surface area contributed by atoms with Crippen LogP contribution in [0.3, 0.4) is 0 Å². The molecule has 0 unspecified atom stereocenters. The summed E-state index contributed by atoms with van der Waals surface area (Å²) in [5.41, 5.74) is 1.69. The number of rotatable bonds is 7. The zero-order valence-corrected chi connectivity index (χ0v) is 24.1. The number of methoxy groups -OCH3 is 1. The highest BCUT2D eigenvalue weighted by Crippen LogP contribution is 2.30. The molecule has 2 amide bonds. The quantitative estimate of drug-likeness (QED) is 0.282. The van der Waals surface area contributed by atoms with Gasteiger partial charge in [0, 0.05) is 42.1 Å². The number of carbonyl (C=O) groups excluding carboxylic acids is 3. The summed E-state index contributed by atoms with van der Waals surface area (Å²) in [5.74, 6) is -1.26. The first-order valence-corrected chi connectivity index (χ1v) is 13.8. The minimum atomic E-state index is -0.658. The minimum absolute atomic E-state index is 0.0630. The van der Waals surface area contributed by atoms with Crippen LogP contribution in [0.25, 0.3) is 11.4 Å². The highest BCUT2D eigenvalue weighted by atomic mass is 79.9. The van der Waals surface area contributed by atoms with Gasteiger partial charge in [-0.15, -0.1) is 11.3 Å². The molecular weight excluding hydrogens is 568 g/mol. The molecule has 10 heteroatoms. The van der Waals surface area contributed by atoms with Crippen molar-refractivity contribution in [1.29, 1.82) is 0 Å². The number of halogens is 1. The first kappa shape index (κ1) is 27.8. The fourth-order valence-electron chi connectivity index (χ4n) is 3.99. The second-order valence-electron chi connectivity index (χ2n) is 10.2. The third kappa shape index (κ3) is 6.60. The van der Waals surface area contributed by atoms with E-state index in [2.05, 4.69) is 51.7 Å². The number of amides is 2. The lowest BCUT2D eigenvalue weighted by molar-refractivity contribution is -0.156. The van der Waals surface area contributed by atoms with Crippen LogP contribution in [0, 0.1) is 11.8 Å². The van der Waals surface area contributed by atoms with Crippen molar-refractivity contribution in [2.24, 2.45) is 16.8 Å². The van der Waals surface area contributed by atoms with E-state index in [-0.39, 0.29) is 29.1 Å². The van der Waals surface area contributed by atoms with Crippen LogP contribution >= 0.6 is 27.3 Å². The Labute approximate surface area is 234 Å². The monoisotopic (exact) mass is 596 g/mol. The Kier molecular flexibility index (Phi) is 8.52. The van der Waals surface area contributed by atoms with E-state index in [0.29, 0.717) is 30.2 Å². The van der Waals surface area contributed by atoms with Gasteiger partial charge < -0.3 is 9.64 Å². The van der Waals surface area contributed by atoms with Crippen molar-refractivity contribution in [3.05, 3.63) is 68.6 Å². The van der Waals surface area contributed by atoms with Crippen LogP contribution < -0.4 is 0 Å². The Balaban J connectivity index is 1.51. The van der Waals surface area contributed by atoms with Gasteiger partial charge in [-0.05, 0) is 45.5 Å². The molecule has 1 saturated heterocycles. The van der Waals surface area contributed by atoms with Crippen molar-refractivity contribution in [2.75, 3.05) is 20.2 Å². The van der Waals surface area contributed by atoms with Gasteiger partial charge >= 0.3 is 5.97 Å². The van der Waals surface area contributed by atoms with Gasteiger partial charge in [0.25, 0.3) is 5.91 Å². The van der Waals surface area contributed by atoms with Gasteiger partial charge in [0.15, 0.2) is 5.82 Å². The lowest BCUT2D eigenvalue weighted by Crippen LogP contribution is -2.55. The molecule has 0 bridgehead atoms. The number of nitrogens with zero attached hydrogens (tertiary/aromatic N) is 4. The minimum Gasteiger partial charge on any atom is -0.469 e. The predicted molar refractivity (Wildman–Crippen MR) is 150 cm³/mol. The van der Waals surface area contributed by atoms with Gasteiger partial charge in [0.05, 0.1) is 28.3 Å². The van der Waals surface area contributed by atoms with Crippen molar-refractivity contribution >= 4 is 51.3 Å². The number of hydrogen-bond donors (Lipinski definition) is 0. The zero-order chi connectivity index (χ0) is 27.4. The van der Waals surface area contributed by atoms with E-state index in [4.69, 9.17) is 4.74 Å². The van der Waals surface area contributed by atoms with Gasteiger partial charge in [-0.2, -0.15) is 0 Å². The summed E-state index contributed by atoms with van der Waals surface area (Å²) >= 11 is 4.75. The summed E-state index contributed by atoms with van der Waals surface area (Å²) in [6.07, 6.45) is 5.17. The summed E-state index contributed by atoms with van der Waals surface area (Å²) in [7, 11) is 1.34.